The first kappa shape index (κ1) is 18.6. The van der Waals surface area contributed by atoms with Crippen LogP contribution in [0, 0.1) is 0 Å². The fourth-order valence-electron chi connectivity index (χ4n) is 2.18. The minimum Gasteiger partial charge on any atom is -0.507 e. The second kappa shape index (κ2) is 8.94. The van der Waals surface area contributed by atoms with Crippen LogP contribution in [0.5, 0.6) is 11.5 Å². The first-order valence-electron chi connectivity index (χ1n) is 7.55. The lowest BCUT2D eigenvalue weighted by molar-refractivity contribution is -0.124. The van der Waals surface area contributed by atoms with E-state index in [2.05, 4.69) is 5.32 Å². The summed E-state index contributed by atoms with van der Waals surface area (Å²) in [6.07, 6.45) is 0.585. The topological polar surface area (TPSA) is 84.9 Å². The summed E-state index contributed by atoms with van der Waals surface area (Å²) in [6.45, 7) is -0.0597. The summed E-state index contributed by atoms with van der Waals surface area (Å²) in [6, 6.07) is 11.5. The Morgan fingerprint density at radius 3 is 2.68 bits per heavy atom. The average molecular weight is 364 g/mol. The average Bonchev–Trinajstić information content (AvgIpc) is 2.60. The van der Waals surface area contributed by atoms with Crippen molar-refractivity contribution in [2.45, 2.75) is 6.42 Å². The van der Waals surface area contributed by atoms with Crippen molar-refractivity contribution in [3.63, 3.8) is 0 Å². The van der Waals surface area contributed by atoms with Crippen LogP contribution >= 0.6 is 11.6 Å². The minimum absolute atomic E-state index is 0.0498. The smallest absolute Gasteiger partial charge is 0.342 e. The number of amides is 1. The Labute approximate surface area is 150 Å². The van der Waals surface area contributed by atoms with Crippen molar-refractivity contribution in [1.29, 1.82) is 0 Å². The summed E-state index contributed by atoms with van der Waals surface area (Å²) >= 11 is 5.69. The van der Waals surface area contributed by atoms with Gasteiger partial charge in [-0.2, -0.15) is 0 Å². The van der Waals surface area contributed by atoms with E-state index >= 15 is 0 Å². The van der Waals surface area contributed by atoms with E-state index in [1.54, 1.807) is 7.11 Å². The number of esters is 1. The predicted molar refractivity (Wildman–Crippen MR) is 93.1 cm³/mol. The number of phenols is 1. The second-order valence-corrected chi connectivity index (χ2v) is 5.59. The van der Waals surface area contributed by atoms with E-state index in [0.29, 0.717) is 18.0 Å². The van der Waals surface area contributed by atoms with Crippen LogP contribution in [0.4, 0.5) is 0 Å². The standard InChI is InChI=1S/C18H18ClNO5/c1-24-16-5-3-2-4-12(16)8-9-20-17(22)11-25-18(23)14-7-6-13(19)10-15(14)21/h2-7,10,21H,8-9,11H2,1H3,(H,20,22). The highest BCUT2D eigenvalue weighted by Crippen LogP contribution is 2.22. The summed E-state index contributed by atoms with van der Waals surface area (Å²) in [5, 5.41) is 12.6. The molecule has 2 rings (SSSR count). The summed E-state index contributed by atoms with van der Waals surface area (Å²) < 4.78 is 10.1. The van der Waals surface area contributed by atoms with Crippen molar-refractivity contribution in [1.82, 2.24) is 5.32 Å². The van der Waals surface area contributed by atoms with E-state index in [0.717, 1.165) is 11.3 Å². The lowest BCUT2D eigenvalue weighted by Crippen LogP contribution is -2.30. The molecule has 0 fully saturated rings. The molecule has 0 radical (unpaired) electrons. The van der Waals surface area contributed by atoms with Crippen molar-refractivity contribution in [2.24, 2.45) is 0 Å². The third-order valence-corrected chi connectivity index (χ3v) is 3.66. The number of carbonyl (C=O) groups is 2. The number of nitrogens with one attached hydrogen (secondary N) is 1. The van der Waals surface area contributed by atoms with Gasteiger partial charge in [-0.25, -0.2) is 4.79 Å². The summed E-state index contributed by atoms with van der Waals surface area (Å²) in [5.74, 6) is -0.777. The molecule has 0 saturated heterocycles. The number of carbonyl (C=O) groups excluding carboxylic acids is 2. The van der Waals surface area contributed by atoms with Crippen LogP contribution in [0.1, 0.15) is 15.9 Å². The number of aromatic hydroxyl groups is 1. The molecule has 0 aliphatic heterocycles. The summed E-state index contributed by atoms with van der Waals surface area (Å²) in [5.41, 5.74) is 0.916. The van der Waals surface area contributed by atoms with E-state index in [4.69, 9.17) is 21.1 Å². The molecule has 2 aromatic carbocycles. The fraction of sp³-hybridized carbons (Fsp3) is 0.222. The van der Waals surface area contributed by atoms with E-state index < -0.39 is 18.5 Å². The molecule has 0 unspecified atom stereocenters. The van der Waals surface area contributed by atoms with Crippen LogP contribution < -0.4 is 10.1 Å². The van der Waals surface area contributed by atoms with Crippen molar-refractivity contribution < 1.29 is 24.2 Å². The minimum atomic E-state index is -0.797. The molecule has 132 valence electrons. The van der Waals surface area contributed by atoms with Gasteiger partial charge in [-0.1, -0.05) is 29.8 Å². The van der Waals surface area contributed by atoms with Crippen LogP contribution in [0.25, 0.3) is 0 Å². The van der Waals surface area contributed by atoms with Crippen molar-refractivity contribution in [2.75, 3.05) is 20.3 Å². The quantitative estimate of drug-likeness (QED) is 0.738. The van der Waals surface area contributed by atoms with Gasteiger partial charge in [0.25, 0.3) is 5.91 Å². The van der Waals surface area contributed by atoms with Crippen molar-refractivity contribution in [3.8, 4) is 11.5 Å². The fourth-order valence-corrected chi connectivity index (χ4v) is 2.35. The van der Waals surface area contributed by atoms with E-state index in [9.17, 15) is 14.7 Å². The maximum atomic E-state index is 11.8. The highest BCUT2D eigenvalue weighted by molar-refractivity contribution is 6.30. The van der Waals surface area contributed by atoms with Gasteiger partial charge in [0.1, 0.15) is 17.1 Å². The van der Waals surface area contributed by atoms with Gasteiger partial charge < -0.3 is 19.9 Å². The first-order valence-corrected chi connectivity index (χ1v) is 7.93. The Kier molecular flexibility index (Phi) is 6.65. The zero-order valence-electron chi connectivity index (χ0n) is 13.6. The molecule has 0 spiro atoms. The van der Waals surface area contributed by atoms with Gasteiger partial charge in [-0.3, -0.25) is 4.79 Å². The Morgan fingerprint density at radius 1 is 1.20 bits per heavy atom. The first-order chi connectivity index (χ1) is 12.0. The molecular formula is C18H18ClNO5. The highest BCUT2D eigenvalue weighted by Gasteiger charge is 2.14. The molecule has 7 heteroatoms. The molecule has 0 bridgehead atoms. The molecule has 0 atom stereocenters. The maximum absolute atomic E-state index is 11.8. The number of para-hydroxylation sites is 1. The number of hydrogen-bond donors (Lipinski definition) is 2. The van der Waals surface area contributed by atoms with Crippen LogP contribution in [0.15, 0.2) is 42.5 Å². The zero-order valence-corrected chi connectivity index (χ0v) is 14.4. The molecule has 1 amide bonds. The summed E-state index contributed by atoms with van der Waals surface area (Å²) in [4.78, 5) is 23.6. The predicted octanol–water partition coefficient (Wildman–Crippen LogP) is 2.57. The molecule has 2 N–H and O–H groups in total. The van der Waals surface area contributed by atoms with Gasteiger partial charge in [-0.05, 0) is 36.2 Å². The van der Waals surface area contributed by atoms with Crippen LogP contribution in [-0.4, -0.2) is 37.2 Å². The molecule has 2 aromatic rings. The molecular weight excluding hydrogens is 346 g/mol. The number of rotatable bonds is 7. The van der Waals surface area contributed by atoms with Gasteiger partial charge in [0, 0.05) is 11.6 Å². The Morgan fingerprint density at radius 2 is 1.96 bits per heavy atom. The third kappa shape index (κ3) is 5.39. The number of methoxy groups -OCH3 is 1. The molecule has 0 aliphatic carbocycles. The highest BCUT2D eigenvalue weighted by atomic mass is 35.5. The van der Waals surface area contributed by atoms with Crippen molar-refractivity contribution >= 4 is 23.5 Å². The number of benzene rings is 2. The lowest BCUT2D eigenvalue weighted by atomic mass is 10.1. The van der Waals surface area contributed by atoms with Gasteiger partial charge in [0.05, 0.1) is 7.11 Å². The Hall–Kier alpha value is -2.73. The van der Waals surface area contributed by atoms with Gasteiger partial charge >= 0.3 is 5.97 Å². The Balaban J connectivity index is 1.78. The maximum Gasteiger partial charge on any atom is 0.342 e. The lowest BCUT2D eigenvalue weighted by Gasteiger charge is -2.10. The SMILES string of the molecule is COc1ccccc1CCNC(=O)COC(=O)c1ccc(Cl)cc1O. The largest absolute Gasteiger partial charge is 0.507 e. The van der Waals surface area contributed by atoms with E-state index in [1.165, 1.54) is 18.2 Å². The van der Waals surface area contributed by atoms with Crippen LogP contribution in [0.2, 0.25) is 5.02 Å². The molecule has 0 aliphatic rings. The van der Waals surface area contributed by atoms with Crippen LogP contribution in [0.3, 0.4) is 0 Å². The summed E-state index contributed by atoms with van der Waals surface area (Å²) in [7, 11) is 1.59. The molecule has 25 heavy (non-hydrogen) atoms. The second-order valence-electron chi connectivity index (χ2n) is 5.15. The van der Waals surface area contributed by atoms with Crippen molar-refractivity contribution in [3.05, 3.63) is 58.6 Å². The number of ether oxygens (including phenoxy) is 2. The molecule has 0 heterocycles. The van der Waals surface area contributed by atoms with Gasteiger partial charge in [0.2, 0.25) is 0 Å². The van der Waals surface area contributed by atoms with E-state index in [-0.39, 0.29) is 11.3 Å². The molecule has 6 nitrogen and oxygen atoms in total. The number of hydrogen-bond acceptors (Lipinski definition) is 5. The normalized spacial score (nSPS) is 10.2. The van der Waals surface area contributed by atoms with E-state index in [1.807, 2.05) is 24.3 Å². The van der Waals surface area contributed by atoms with Gasteiger partial charge in [-0.15, -0.1) is 0 Å². The third-order valence-electron chi connectivity index (χ3n) is 3.42. The zero-order chi connectivity index (χ0) is 18.2. The molecule has 0 aromatic heterocycles. The monoisotopic (exact) mass is 363 g/mol. The number of phenolic OH excluding ortho intramolecular Hbond substituents is 1. The molecule has 0 saturated carbocycles. The van der Waals surface area contributed by atoms with Crippen LogP contribution in [-0.2, 0) is 16.0 Å². The number of halogens is 1. The Bertz CT molecular complexity index is 763. The van der Waals surface area contributed by atoms with Gasteiger partial charge in [0.15, 0.2) is 6.61 Å².